The van der Waals surface area contributed by atoms with E-state index in [1.165, 1.54) is 16.8 Å². The van der Waals surface area contributed by atoms with Gasteiger partial charge in [0.05, 0.1) is 30.4 Å². The summed E-state index contributed by atoms with van der Waals surface area (Å²) in [5.74, 6) is 1.01. The first-order chi connectivity index (χ1) is 11.5. The molecule has 1 N–H and O–H groups in total. The van der Waals surface area contributed by atoms with Crippen LogP contribution in [0.1, 0.15) is 59.6 Å². The molecule has 1 aliphatic heterocycles. The Morgan fingerprint density at radius 2 is 1.79 bits per heavy atom. The number of nitrogens with zero attached hydrogens (tertiary/aromatic N) is 2. The fourth-order valence-electron chi connectivity index (χ4n) is 3.80. The molecule has 0 radical (unpaired) electrons. The Morgan fingerprint density at radius 3 is 2.42 bits per heavy atom. The van der Waals surface area contributed by atoms with E-state index in [0.717, 1.165) is 6.42 Å². The molecule has 3 rings (SSSR count). The fourth-order valence-corrected chi connectivity index (χ4v) is 3.80. The molecule has 0 bridgehead atoms. The van der Waals surface area contributed by atoms with Crippen molar-refractivity contribution < 1.29 is 5.11 Å². The lowest BCUT2D eigenvalue weighted by Gasteiger charge is -2.33. The summed E-state index contributed by atoms with van der Waals surface area (Å²) in [4.78, 5) is 4.34. The molecule has 1 aromatic carbocycles. The average molecular weight is 329 g/mol. The van der Waals surface area contributed by atoms with Gasteiger partial charge in [-0.05, 0) is 23.8 Å². The van der Waals surface area contributed by atoms with Crippen molar-refractivity contribution >= 4 is 0 Å². The molecule has 24 heavy (non-hydrogen) atoms. The molecule has 3 nitrogen and oxygen atoms in total. The van der Waals surface area contributed by atoms with Gasteiger partial charge in [-0.1, -0.05) is 65.8 Å². The maximum Gasteiger partial charge on any atom is 0.0956 e. The van der Waals surface area contributed by atoms with Crippen molar-refractivity contribution in [3.8, 4) is 11.3 Å². The molecule has 0 aliphatic carbocycles. The lowest BCUT2D eigenvalue weighted by Crippen LogP contribution is -2.34. The lowest BCUT2D eigenvalue weighted by atomic mass is 9.79. The summed E-state index contributed by atoms with van der Waals surface area (Å²) in [6, 6.07) is 8.73. The SMILES string of the molecule is CC.CC(C)CC([C@@H](O)C(C)C)[C@@H]1c2ccccc2-c2cncn21. The number of benzene rings is 1. The van der Waals surface area contributed by atoms with Crippen LogP contribution in [-0.4, -0.2) is 20.8 Å². The van der Waals surface area contributed by atoms with Crippen LogP contribution < -0.4 is 0 Å². The Morgan fingerprint density at radius 1 is 1.12 bits per heavy atom. The predicted octanol–water partition coefficient (Wildman–Crippen LogP) is 5.16. The van der Waals surface area contributed by atoms with E-state index in [4.69, 9.17) is 0 Å². The van der Waals surface area contributed by atoms with Crippen molar-refractivity contribution in [2.45, 2.75) is 60.1 Å². The van der Waals surface area contributed by atoms with Crippen molar-refractivity contribution in [3.05, 3.63) is 42.4 Å². The highest BCUT2D eigenvalue weighted by atomic mass is 16.3. The molecule has 2 heterocycles. The van der Waals surface area contributed by atoms with Crippen molar-refractivity contribution in [3.63, 3.8) is 0 Å². The van der Waals surface area contributed by atoms with Crippen LogP contribution in [0.15, 0.2) is 36.8 Å². The smallest absolute Gasteiger partial charge is 0.0956 e. The maximum atomic E-state index is 10.9. The lowest BCUT2D eigenvalue weighted by molar-refractivity contribution is 0.0364. The largest absolute Gasteiger partial charge is 0.392 e. The number of fused-ring (bicyclic) bond motifs is 3. The van der Waals surface area contributed by atoms with Crippen LogP contribution in [0, 0.1) is 17.8 Å². The van der Waals surface area contributed by atoms with Crippen molar-refractivity contribution in [1.29, 1.82) is 0 Å². The number of aromatic nitrogens is 2. The molecule has 0 saturated heterocycles. The molecule has 1 aromatic heterocycles. The molecule has 1 aliphatic rings. The third-order valence-electron chi connectivity index (χ3n) is 4.79. The Kier molecular flexibility index (Phi) is 6.22. The molecule has 0 spiro atoms. The summed E-state index contributed by atoms with van der Waals surface area (Å²) in [7, 11) is 0. The highest BCUT2D eigenvalue weighted by Crippen LogP contribution is 2.46. The Hall–Kier alpha value is -1.61. The van der Waals surface area contributed by atoms with Crippen LogP contribution >= 0.6 is 0 Å². The van der Waals surface area contributed by atoms with E-state index >= 15 is 0 Å². The number of hydrogen-bond donors (Lipinski definition) is 1. The monoisotopic (exact) mass is 328 g/mol. The van der Waals surface area contributed by atoms with Gasteiger partial charge >= 0.3 is 0 Å². The van der Waals surface area contributed by atoms with Crippen LogP contribution in [-0.2, 0) is 0 Å². The first-order valence-electron chi connectivity index (χ1n) is 9.30. The molecule has 0 saturated carbocycles. The summed E-state index contributed by atoms with van der Waals surface area (Å²) >= 11 is 0. The van der Waals surface area contributed by atoms with Crippen molar-refractivity contribution in [2.75, 3.05) is 0 Å². The zero-order valence-corrected chi connectivity index (χ0v) is 15.9. The van der Waals surface area contributed by atoms with Gasteiger partial charge in [-0.2, -0.15) is 0 Å². The quantitative estimate of drug-likeness (QED) is 0.823. The number of rotatable bonds is 5. The minimum atomic E-state index is -0.311. The molecule has 1 unspecified atom stereocenters. The number of aliphatic hydroxyl groups is 1. The number of aliphatic hydroxyl groups excluding tert-OH is 1. The molecule has 0 fully saturated rings. The zero-order chi connectivity index (χ0) is 17.9. The predicted molar refractivity (Wildman–Crippen MR) is 101 cm³/mol. The molecule has 132 valence electrons. The van der Waals surface area contributed by atoms with E-state index < -0.39 is 0 Å². The first-order valence-corrected chi connectivity index (χ1v) is 9.30. The van der Waals surface area contributed by atoms with E-state index in [1.807, 2.05) is 26.4 Å². The standard InChI is InChI=1S/C19H26N2O.C2H6/c1-12(2)9-16(19(22)13(3)4)18-15-8-6-5-7-14(15)17-10-20-11-21(17)18;1-2/h5-8,10-13,16,18-19,22H,9H2,1-4H3;1-2H3/t16?,18-,19-;/m0./s1. The van der Waals surface area contributed by atoms with Gasteiger partial charge in [0.1, 0.15) is 0 Å². The summed E-state index contributed by atoms with van der Waals surface area (Å²) in [6.07, 6.45) is 4.55. The molecule has 3 heteroatoms. The van der Waals surface area contributed by atoms with Gasteiger partial charge in [0.25, 0.3) is 0 Å². The maximum absolute atomic E-state index is 10.9. The third-order valence-corrected chi connectivity index (χ3v) is 4.79. The van der Waals surface area contributed by atoms with E-state index in [-0.39, 0.29) is 24.0 Å². The average Bonchev–Trinajstić information content (AvgIpc) is 3.14. The highest BCUT2D eigenvalue weighted by molar-refractivity contribution is 5.69. The normalized spacial score (nSPS) is 18.0. The van der Waals surface area contributed by atoms with Crippen molar-refractivity contribution in [2.24, 2.45) is 17.8 Å². The Bertz CT molecular complexity index is 645. The third kappa shape index (κ3) is 3.41. The summed E-state index contributed by atoms with van der Waals surface area (Å²) < 4.78 is 2.25. The second-order valence-electron chi connectivity index (χ2n) is 7.25. The van der Waals surface area contributed by atoms with Gasteiger partial charge in [0, 0.05) is 11.5 Å². The van der Waals surface area contributed by atoms with Gasteiger partial charge in [-0.15, -0.1) is 0 Å². The van der Waals surface area contributed by atoms with Gasteiger partial charge in [-0.25, -0.2) is 4.98 Å². The van der Waals surface area contributed by atoms with Crippen LogP contribution in [0.3, 0.4) is 0 Å². The first kappa shape index (κ1) is 18.7. The van der Waals surface area contributed by atoms with Gasteiger partial charge in [0.2, 0.25) is 0 Å². The van der Waals surface area contributed by atoms with Crippen LogP contribution in [0.2, 0.25) is 0 Å². The number of imidazole rings is 1. The van der Waals surface area contributed by atoms with Crippen molar-refractivity contribution in [1.82, 2.24) is 9.55 Å². The molecular formula is C21H32N2O. The van der Waals surface area contributed by atoms with Crippen LogP contribution in [0.25, 0.3) is 11.3 Å². The second kappa shape index (κ2) is 7.98. The molecule has 2 aromatic rings. The van der Waals surface area contributed by atoms with E-state index in [0.29, 0.717) is 5.92 Å². The Labute approximate surface area is 146 Å². The zero-order valence-electron chi connectivity index (χ0n) is 15.9. The van der Waals surface area contributed by atoms with E-state index in [1.54, 1.807) is 0 Å². The van der Waals surface area contributed by atoms with Crippen LogP contribution in [0.5, 0.6) is 0 Å². The van der Waals surface area contributed by atoms with Crippen LogP contribution in [0.4, 0.5) is 0 Å². The van der Waals surface area contributed by atoms with Gasteiger partial charge in [0.15, 0.2) is 0 Å². The van der Waals surface area contributed by atoms with Gasteiger partial charge < -0.3 is 9.67 Å². The van der Waals surface area contributed by atoms with E-state index in [2.05, 4.69) is 61.5 Å². The van der Waals surface area contributed by atoms with Gasteiger partial charge in [-0.3, -0.25) is 0 Å². The second-order valence-corrected chi connectivity index (χ2v) is 7.25. The minimum absolute atomic E-state index is 0.188. The minimum Gasteiger partial charge on any atom is -0.392 e. The summed E-state index contributed by atoms with van der Waals surface area (Å²) in [6.45, 7) is 12.7. The fraction of sp³-hybridized carbons (Fsp3) is 0.571. The number of hydrogen-bond acceptors (Lipinski definition) is 2. The topological polar surface area (TPSA) is 38.1 Å². The molecular weight excluding hydrogens is 296 g/mol. The summed E-state index contributed by atoms with van der Waals surface area (Å²) in [5, 5.41) is 10.9. The molecule has 3 atom stereocenters. The molecule has 0 amide bonds. The summed E-state index contributed by atoms with van der Waals surface area (Å²) in [5.41, 5.74) is 3.75. The van der Waals surface area contributed by atoms with E-state index in [9.17, 15) is 5.11 Å². The highest BCUT2D eigenvalue weighted by Gasteiger charge is 2.38. The Balaban J connectivity index is 0.00000100.